The molecule has 0 unspecified atom stereocenters. The van der Waals surface area contributed by atoms with Crippen LogP contribution < -0.4 is 0 Å². The highest BCUT2D eigenvalue weighted by Gasteiger charge is 2.34. The molecule has 0 N–H and O–H groups in total. The Morgan fingerprint density at radius 3 is 2.06 bits per heavy atom. The van der Waals surface area contributed by atoms with Crippen molar-refractivity contribution in [2.75, 3.05) is 0 Å². The molecule has 1 aromatic rings. The molecule has 82 valence electrons. The molecule has 0 fully saturated rings. The summed E-state index contributed by atoms with van der Waals surface area (Å²) in [4.78, 5) is 0. The summed E-state index contributed by atoms with van der Waals surface area (Å²) in [7, 11) is 0. The van der Waals surface area contributed by atoms with Crippen LogP contribution >= 0.6 is 11.6 Å². The topological polar surface area (TPSA) is 47.6 Å². The lowest BCUT2D eigenvalue weighted by atomic mass is 9.75. The second-order valence-electron chi connectivity index (χ2n) is 4.15. The third kappa shape index (κ3) is 2.54. The molecule has 0 atom stereocenters. The first kappa shape index (κ1) is 12.6. The zero-order valence-electron chi connectivity index (χ0n) is 9.37. The molecule has 0 radical (unpaired) electrons. The summed E-state index contributed by atoms with van der Waals surface area (Å²) in [5.74, 6) is -0.00169. The Morgan fingerprint density at radius 2 is 1.69 bits per heavy atom. The number of rotatable bonds is 3. The van der Waals surface area contributed by atoms with E-state index in [2.05, 4.69) is 12.1 Å². The lowest BCUT2D eigenvalue weighted by Gasteiger charge is -2.22. The largest absolute Gasteiger partial charge is 0.197 e. The summed E-state index contributed by atoms with van der Waals surface area (Å²) in [6, 6.07) is 11.5. The van der Waals surface area contributed by atoms with E-state index in [9.17, 15) is 0 Å². The van der Waals surface area contributed by atoms with E-state index < -0.39 is 5.41 Å². The van der Waals surface area contributed by atoms with Gasteiger partial charge in [-0.15, -0.1) is 0 Å². The molecule has 0 bridgehead atoms. The molecule has 0 heterocycles. The molecule has 16 heavy (non-hydrogen) atoms. The van der Waals surface area contributed by atoms with Crippen LogP contribution in [-0.4, -0.2) is 0 Å². The number of hydrogen-bond donors (Lipinski definition) is 0. The highest BCUT2D eigenvalue weighted by atomic mass is 35.5. The van der Waals surface area contributed by atoms with Gasteiger partial charge in [-0.05, 0) is 23.6 Å². The highest BCUT2D eigenvalue weighted by Crippen LogP contribution is 2.30. The van der Waals surface area contributed by atoms with Gasteiger partial charge < -0.3 is 0 Å². The van der Waals surface area contributed by atoms with Crippen LogP contribution in [0.2, 0.25) is 5.02 Å². The van der Waals surface area contributed by atoms with E-state index in [1.807, 2.05) is 26.0 Å². The van der Waals surface area contributed by atoms with Crippen molar-refractivity contribution in [2.24, 2.45) is 11.3 Å². The molecule has 0 aliphatic heterocycles. The minimum atomic E-state index is -0.951. The van der Waals surface area contributed by atoms with Crippen molar-refractivity contribution in [3.05, 3.63) is 34.9 Å². The fourth-order valence-corrected chi connectivity index (χ4v) is 1.62. The van der Waals surface area contributed by atoms with E-state index in [0.29, 0.717) is 11.4 Å². The fraction of sp³-hybridized carbons (Fsp3) is 0.385. The van der Waals surface area contributed by atoms with Crippen LogP contribution in [0.4, 0.5) is 0 Å². The first-order chi connectivity index (χ1) is 7.54. The molecule has 0 spiro atoms. The molecule has 1 rings (SSSR count). The van der Waals surface area contributed by atoms with Crippen molar-refractivity contribution in [1.29, 1.82) is 10.5 Å². The van der Waals surface area contributed by atoms with E-state index in [0.717, 1.165) is 5.56 Å². The normalized spacial score (nSPS) is 10.9. The molecule has 0 saturated carbocycles. The summed E-state index contributed by atoms with van der Waals surface area (Å²) in [5, 5.41) is 19.0. The molecule has 3 heteroatoms. The lowest BCUT2D eigenvalue weighted by molar-refractivity contribution is 0.367. The maximum Gasteiger partial charge on any atom is 0.150 e. The van der Waals surface area contributed by atoms with E-state index >= 15 is 0 Å². The predicted octanol–water partition coefficient (Wildman–Crippen LogP) is 3.57. The van der Waals surface area contributed by atoms with Crippen LogP contribution in [0.25, 0.3) is 0 Å². The van der Waals surface area contributed by atoms with Crippen LogP contribution in [0.15, 0.2) is 24.3 Å². The molecular formula is C13H13ClN2. The smallest absolute Gasteiger partial charge is 0.150 e. The average molecular weight is 233 g/mol. The van der Waals surface area contributed by atoms with E-state index in [1.54, 1.807) is 12.1 Å². The molecule has 0 amide bonds. The van der Waals surface area contributed by atoms with Gasteiger partial charge in [-0.25, -0.2) is 0 Å². The van der Waals surface area contributed by atoms with E-state index in [-0.39, 0.29) is 5.92 Å². The molecule has 0 saturated heterocycles. The van der Waals surface area contributed by atoms with Crippen molar-refractivity contribution in [2.45, 2.75) is 20.3 Å². The van der Waals surface area contributed by atoms with Crippen molar-refractivity contribution in [1.82, 2.24) is 0 Å². The van der Waals surface area contributed by atoms with Gasteiger partial charge in [0.25, 0.3) is 0 Å². The SMILES string of the molecule is CC(C)C(C#N)(C#N)Cc1ccc(Cl)cc1. The molecule has 0 aromatic heterocycles. The molecule has 2 nitrogen and oxygen atoms in total. The maximum atomic E-state index is 9.16. The molecule has 0 aliphatic carbocycles. The Hall–Kier alpha value is -1.51. The Labute approximate surface area is 101 Å². The van der Waals surface area contributed by atoms with Crippen LogP contribution in [0.5, 0.6) is 0 Å². The summed E-state index contributed by atoms with van der Waals surface area (Å²) >= 11 is 5.78. The molecular weight excluding hydrogens is 220 g/mol. The second-order valence-corrected chi connectivity index (χ2v) is 4.59. The van der Waals surface area contributed by atoms with Gasteiger partial charge in [0.1, 0.15) is 5.41 Å². The van der Waals surface area contributed by atoms with Gasteiger partial charge in [-0.2, -0.15) is 10.5 Å². The monoisotopic (exact) mass is 232 g/mol. The standard InChI is InChI=1S/C13H13ClN2/c1-10(2)13(8-15,9-16)7-11-3-5-12(14)6-4-11/h3-6,10H,7H2,1-2H3. The first-order valence-electron chi connectivity index (χ1n) is 5.11. The second kappa shape index (κ2) is 5.01. The van der Waals surface area contributed by atoms with Gasteiger partial charge in [0.05, 0.1) is 12.1 Å². The van der Waals surface area contributed by atoms with Crippen molar-refractivity contribution >= 4 is 11.6 Å². The zero-order chi connectivity index (χ0) is 12.2. The summed E-state index contributed by atoms with van der Waals surface area (Å²) in [6.07, 6.45) is 0.439. The average Bonchev–Trinajstić information content (AvgIpc) is 2.28. The number of nitriles is 2. The summed E-state index contributed by atoms with van der Waals surface area (Å²) in [5.41, 5.74) is 0.00888. The van der Waals surface area contributed by atoms with Gasteiger partial charge in [-0.3, -0.25) is 0 Å². The van der Waals surface area contributed by atoms with Crippen LogP contribution in [0.1, 0.15) is 19.4 Å². The van der Waals surface area contributed by atoms with Crippen LogP contribution in [0.3, 0.4) is 0 Å². The number of hydrogen-bond acceptors (Lipinski definition) is 2. The van der Waals surface area contributed by atoms with Crippen molar-refractivity contribution in [3.8, 4) is 12.1 Å². The first-order valence-corrected chi connectivity index (χ1v) is 5.49. The Kier molecular flexibility index (Phi) is 3.93. The predicted molar refractivity (Wildman–Crippen MR) is 63.7 cm³/mol. The number of halogens is 1. The van der Waals surface area contributed by atoms with Gasteiger partial charge in [-0.1, -0.05) is 37.6 Å². The van der Waals surface area contributed by atoms with Gasteiger partial charge in [0, 0.05) is 11.4 Å². The Bertz CT molecular complexity index is 420. The Morgan fingerprint density at radius 1 is 1.19 bits per heavy atom. The molecule has 0 aliphatic rings. The number of nitrogens with zero attached hydrogens (tertiary/aromatic N) is 2. The van der Waals surface area contributed by atoms with Gasteiger partial charge in [0.2, 0.25) is 0 Å². The number of benzene rings is 1. The fourth-order valence-electron chi connectivity index (χ4n) is 1.49. The third-order valence-electron chi connectivity index (χ3n) is 2.78. The zero-order valence-corrected chi connectivity index (χ0v) is 10.1. The van der Waals surface area contributed by atoms with E-state index in [4.69, 9.17) is 22.1 Å². The third-order valence-corrected chi connectivity index (χ3v) is 3.03. The quantitative estimate of drug-likeness (QED) is 0.800. The summed E-state index contributed by atoms with van der Waals surface area (Å²) in [6.45, 7) is 3.78. The minimum absolute atomic E-state index is 0.00169. The lowest BCUT2D eigenvalue weighted by Crippen LogP contribution is -2.26. The van der Waals surface area contributed by atoms with Crippen molar-refractivity contribution < 1.29 is 0 Å². The minimum Gasteiger partial charge on any atom is -0.197 e. The van der Waals surface area contributed by atoms with Crippen LogP contribution in [0, 0.1) is 34.0 Å². The van der Waals surface area contributed by atoms with Gasteiger partial charge >= 0.3 is 0 Å². The highest BCUT2D eigenvalue weighted by molar-refractivity contribution is 6.30. The molecule has 1 aromatic carbocycles. The van der Waals surface area contributed by atoms with Crippen molar-refractivity contribution in [3.63, 3.8) is 0 Å². The summed E-state index contributed by atoms with van der Waals surface area (Å²) < 4.78 is 0. The van der Waals surface area contributed by atoms with E-state index in [1.165, 1.54) is 0 Å². The Balaban J connectivity index is 2.99. The maximum absolute atomic E-state index is 9.16. The van der Waals surface area contributed by atoms with Gasteiger partial charge in [0.15, 0.2) is 0 Å². The van der Waals surface area contributed by atoms with Crippen LogP contribution in [-0.2, 0) is 6.42 Å².